The number of methoxy groups -OCH3 is 1. The van der Waals surface area contributed by atoms with Gasteiger partial charge in [-0.3, -0.25) is 14.9 Å². The van der Waals surface area contributed by atoms with Crippen molar-refractivity contribution in [2.75, 3.05) is 27.2 Å². The lowest BCUT2D eigenvalue weighted by molar-refractivity contribution is -0.385. The number of rotatable bonds is 4. The van der Waals surface area contributed by atoms with Gasteiger partial charge >= 0.3 is 5.69 Å². The summed E-state index contributed by atoms with van der Waals surface area (Å²) < 4.78 is 4.94. The summed E-state index contributed by atoms with van der Waals surface area (Å²) in [5.41, 5.74) is 0.129. The molecule has 1 heterocycles. The topological polar surface area (TPSA) is 84.7 Å². The summed E-state index contributed by atoms with van der Waals surface area (Å²) >= 11 is 0. The summed E-state index contributed by atoms with van der Waals surface area (Å²) in [5, 5.41) is 14.2. The number of likely N-dealkylation sites (tertiary alicyclic amines) is 1. The highest BCUT2D eigenvalue weighted by Gasteiger charge is 2.25. The zero-order valence-corrected chi connectivity index (χ0v) is 12.2. The van der Waals surface area contributed by atoms with Crippen LogP contribution in [0.1, 0.15) is 23.2 Å². The molecule has 1 aliphatic heterocycles. The Hall–Kier alpha value is -2.15. The van der Waals surface area contributed by atoms with Crippen LogP contribution in [-0.4, -0.2) is 49.0 Å². The second kappa shape index (κ2) is 6.53. The van der Waals surface area contributed by atoms with Crippen LogP contribution in [0, 0.1) is 10.1 Å². The maximum absolute atomic E-state index is 12.5. The quantitative estimate of drug-likeness (QED) is 0.670. The molecule has 1 aromatic carbocycles. The van der Waals surface area contributed by atoms with Crippen LogP contribution in [0.15, 0.2) is 18.2 Å². The average Bonchev–Trinajstić information content (AvgIpc) is 2.53. The van der Waals surface area contributed by atoms with Crippen molar-refractivity contribution in [3.63, 3.8) is 0 Å². The van der Waals surface area contributed by atoms with Crippen molar-refractivity contribution >= 4 is 11.6 Å². The van der Waals surface area contributed by atoms with E-state index in [0.29, 0.717) is 18.7 Å². The Morgan fingerprint density at radius 3 is 2.90 bits per heavy atom. The van der Waals surface area contributed by atoms with Crippen LogP contribution in [0.3, 0.4) is 0 Å². The van der Waals surface area contributed by atoms with E-state index in [0.717, 1.165) is 12.8 Å². The van der Waals surface area contributed by atoms with Gasteiger partial charge in [0.1, 0.15) is 0 Å². The van der Waals surface area contributed by atoms with Crippen molar-refractivity contribution in [1.82, 2.24) is 10.2 Å². The molecule has 21 heavy (non-hydrogen) atoms. The third kappa shape index (κ3) is 3.30. The van der Waals surface area contributed by atoms with Gasteiger partial charge in [-0.1, -0.05) is 0 Å². The second-order valence-electron chi connectivity index (χ2n) is 5.02. The largest absolute Gasteiger partial charge is 0.490 e. The van der Waals surface area contributed by atoms with E-state index in [-0.39, 0.29) is 23.4 Å². The van der Waals surface area contributed by atoms with Gasteiger partial charge in [0.2, 0.25) is 0 Å². The normalized spacial score (nSPS) is 18.4. The molecule has 1 atom stereocenters. The molecule has 0 aromatic heterocycles. The first-order chi connectivity index (χ1) is 10.1. The lowest BCUT2D eigenvalue weighted by Crippen LogP contribution is -2.46. The number of piperidine rings is 1. The molecule has 1 aliphatic rings. The van der Waals surface area contributed by atoms with Gasteiger partial charge in [0.15, 0.2) is 5.75 Å². The Morgan fingerprint density at radius 1 is 1.52 bits per heavy atom. The van der Waals surface area contributed by atoms with Gasteiger partial charge < -0.3 is 15.0 Å². The Kier molecular flexibility index (Phi) is 4.74. The number of likely N-dealkylation sites (N-methyl/N-ethyl adjacent to an activating group) is 1. The standard InChI is InChI=1S/C14H19N3O4/c1-15-11-4-3-7-16(9-11)14(18)10-5-6-13(21-2)12(8-10)17(19)20/h5-6,8,11,15H,3-4,7,9H2,1-2H3. The molecule has 0 aliphatic carbocycles. The molecule has 1 saturated heterocycles. The summed E-state index contributed by atoms with van der Waals surface area (Å²) in [6.07, 6.45) is 1.96. The number of nitrogens with one attached hydrogen (secondary N) is 1. The summed E-state index contributed by atoms with van der Waals surface area (Å²) in [6.45, 7) is 1.30. The molecular formula is C14H19N3O4. The molecule has 0 radical (unpaired) electrons. The predicted octanol–water partition coefficient (Wildman–Crippen LogP) is 1.43. The third-order valence-electron chi connectivity index (χ3n) is 3.74. The SMILES string of the molecule is CNC1CCCN(C(=O)c2ccc(OC)c([N+](=O)[O-])c2)C1. The van der Waals surface area contributed by atoms with Gasteiger partial charge in [0, 0.05) is 30.8 Å². The van der Waals surface area contributed by atoms with Gasteiger partial charge in [0.25, 0.3) is 5.91 Å². The van der Waals surface area contributed by atoms with Crippen LogP contribution in [-0.2, 0) is 0 Å². The molecule has 1 fully saturated rings. The number of ether oxygens (including phenoxy) is 1. The first kappa shape index (κ1) is 15.2. The highest BCUT2D eigenvalue weighted by atomic mass is 16.6. The molecule has 7 nitrogen and oxygen atoms in total. The number of hydrogen-bond acceptors (Lipinski definition) is 5. The molecular weight excluding hydrogens is 274 g/mol. The van der Waals surface area contributed by atoms with E-state index in [1.807, 2.05) is 7.05 Å². The van der Waals surface area contributed by atoms with Crippen molar-refractivity contribution < 1.29 is 14.5 Å². The van der Waals surface area contributed by atoms with E-state index in [4.69, 9.17) is 4.74 Å². The maximum atomic E-state index is 12.5. The fourth-order valence-corrected chi connectivity index (χ4v) is 2.55. The van der Waals surface area contributed by atoms with Gasteiger partial charge in [-0.2, -0.15) is 0 Å². The molecule has 1 amide bonds. The van der Waals surface area contributed by atoms with E-state index in [1.54, 1.807) is 11.0 Å². The number of carbonyl (C=O) groups excluding carboxylic acids is 1. The predicted molar refractivity (Wildman–Crippen MR) is 77.6 cm³/mol. The monoisotopic (exact) mass is 293 g/mol. The van der Waals surface area contributed by atoms with E-state index in [9.17, 15) is 14.9 Å². The number of nitrogens with zero attached hydrogens (tertiary/aromatic N) is 2. The smallest absolute Gasteiger partial charge is 0.311 e. The molecule has 0 bridgehead atoms. The van der Waals surface area contributed by atoms with Gasteiger partial charge in [-0.05, 0) is 32.0 Å². The fourth-order valence-electron chi connectivity index (χ4n) is 2.55. The Bertz CT molecular complexity index is 547. The molecule has 2 rings (SSSR count). The Morgan fingerprint density at radius 2 is 2.29 bits per heavy atom. The lowest BCUT2D eigenvalue weighted by atomic mass is 10.0. The molecule has 114 valence electrons. The molecule has 1 aromatic rings. The lowest BCUT2D eigenvalue weighted by Gasteiger charge is -2.32. The minimum Gasteiger partial charge on any atom is -0.490 e. The highest BCUT2D eigenvalue weighted by Crippen LogP contribution is 2.28. The van der Waals surface area contributed by atoms with Gasteiger partial charge in [-0.15, -0.1) is 0 Å². The van der Waals surface area contributed by atoms with E-state index in [2.05, 4.69) is 5.32 Å². The fraction of sp³-hybridized carbons (Fsp3) is 0.500. The number of nitro benzene ring substituents is 1. The number of benzene rings is 1. The molecule has 0 spiro atoms. The van der Waals surface area contributed by atoms with Crippen LogP contribution in [0.4, 0.5) is 5.69 Å². The third-order valence-corrected chi connectivity index (χ3v) is 3.74. The van der Waals surface area contributed by atoms with Crippen LogP contribution in [0.2, 0.25) is 0 Å². The molecule has 7 heteroatoms. The summed E-state index contributed by atoms with van der Waals surface area (Å²) in [6, 6.07) is 4.59. The van der Waals surface area contributed by atoms with Crippen molar-refractivity contribution in [3.8, 4) is 5.75 Å². The van der Waals surface area contributed by atoms with Crippen molar-refractivity contribution in [1.29, 1.82) is 0 Å². The zero-order valence-electron chi connectivity index (χ0n) is 12.2. The summed E-state index contributed by atoms with van der Waals surface area (Å²) in [7, 11) is 3.24. The summed E-state index contributed by atoms with van der Waals surface area (Å²) in [4.78, 5) is 24.7. The number of amides is 1. The average molecular weight is 293 g/mol. The van der Waals surface area contributed by atoms with E-state index >= 15 is 0 Å². The van der Waals surface area contributed by atoms with Crippen LogP contribution >= 0.6 is 0 Å². The Balaban J connectivity index is 2.23. The van der Waals surface area contributed by atoms with Crippen molar-refractivity contribution in [2.24, 2.45) is 0 Å². The van der Waals surface area contributed by atoms with Gasteiger partial charge in [-0.25, -0.2) is 0 Å². The minimum absolute atomic E-state index is 0.156. The van der Waals surface area contributed by atoms with Crippen molar-refractivity contribution in [3.05, 3.63) is 33.9 Å². The number of hydrogen-bond donors (Lipinski definition) is 1. The van der Waals surface area contributed by atoms with Crippen molar-refractivity contribution in [2.45, 2.75) is 18.9 Å². The molecule has 0 saturated carbocycles. The first-order valence-corrected chi connectivity index (χ1v) is 6.85. The van der Waals surface area contributed by atoms with Crippen LogP contribution < -0.4 is 10.1 Å². The maximum Gasteiger partial charge on any atom is 0.311 e. The Labute approximate surface area is 123 Å². The second-order valence-corrected chi connectivity index (χ2v) is 5.02. The zero-order chi connectivity index (χ0) is 15.4. The van der Waals surface area contributed by atoms with Gasteiger partial charge in [0.05, 0.1) is 12.0 Å². The minimum atomic E-state index is -0.539. The van der Waals surface area contributed by atoms with E-state index < -0.39 is 4.92 Å². The molecule has 1 N–H and O–H groups in total. The number of nitro groups is 1. The van der Waals surface area contributed by atoms with Crippen LogP contribution in [0.25, 0.3) is 0 Å². The highest BCUT2D eigenvalue weighted by molar-refractivity contribution is 5.95. The molecule has 1 unspecified atom stereocenters. The first-order valence-electron chi connectivity index (χ1n) is 6.85. The summed E-state index contributed by atoms with van der Waals surface area (Å²) in [5.74, 6) is -0.0241. The number of carbonyl (C=O) groups is 1. The van der Waals surface area contributed by atoms with Crippen LogP contribution in [0.5, 0.6) is 5.75 Å². The van der Waals surface area contributed by atoms with E-state index in [1.165, 1.54) is 19.2 Å².